The van der Waals surface area contributed by atoms with Gasteiger partial charge < -0.3 is 10.2 Å². The van der Waals surface area contributed by atoms with Gasteiger partial charge in [-0.2, -0.15) is 0 Å². The van der Waals surface area contributed by atoms with E-state index in [1.54, 1.807) is 35.6 Å². The molecule has 200 valence electrons. The maximum Gasteiger partial charge on any atom is 0.261 e. The summed E-state index contributed by atoms with van der Waals surface area (Å²) >= 11 is 7.58. The zero-order valence-corrected chi connectivity index (χ0v) is 23.5. The van der Waals surface area contributed by atoms with Crippen molar-refractivity contribution in [3.05, 3.63) is 83.4 Å². The third kappa shape index (κ3) is 6.57. The molecular formula is C26H27Cl2N5O3S2. The molecule has 3 aromatic carbocycles. The molecule has 2 heterocycles. The van der Waals surface area contributed by atoms with Gasteiger partial charge in [-0.3, -0.25) is 14.4 Å². The number of para-hydroxylation sites is 2. The van der Waals surface area contributed by atoms with E-state index in [1.165, 1.54) is 29.0 Å². The molecule has 1 aliphatic heterocycles. The van der Waals surface area contributed by atoms with Crippen molar-refractivity contribution >= 4 is 72.3 Å². The van der Waals surface area contributed by atoms with E-state index in [1.807, 2.05) is 18.2 Å². The van der Waals surface area contributed by atoms with Gasteiger partial charge in [0.1, 0.15) is 0 Å². The van der Waals surface area contributed by atoms with Crippen LogP contribution in [-0.2, 0) is 10.0 Å². The number of amides is 1. The Bertz CT molecular complexity index is 1470. The number of fused-ring (bicyclic) bond motifs is 1. The molecule has 2 N–H and O–H groups in total. The SMILES string of the molecule is Cl.O=C(NCCN1CCN(c2nc3ccccc3s2)CC1)c1ccccc1NS(=O)(=O)c1ccc(Cl)cc1. The Morgan fingerprint density at radius 1 is 0.947 bits per heavy atom. The van der Waals surface area contributed by atoms with Crippen molar-refractivity contribution in [2.45, 2.75) is 4.90 Å². The van der Waals surface area contributed by atoms with Crippen molar-refractivity contribution in [3.63, 3.8) is 0 Å². The number of nitrogens with one attached hydrogen (secondary N) is 2. The van der Waals surface area contributed by atoms with Crippen LogP contribution in [0.2, 0.25) is 5.02 Å². The monoisotopic (exact) mass is 591 g/mol. The molecule has 12 heteroatoms. The van der Waals surface area contributed by atoms with Gasteiger partial charge in [0.05, 0.1) is 26.4 Å². The zero-order valence-electron chi connectivity index (χ0n) is 20.3. The first-order valence-electron chi connectivity index (χ1n) is 11.9. The van der Waals surface area contributed by atoms with E-state index in [0.717, 1.165) is 36.8 Å². The minimum atomic E-state index is -3.87. The Balaban J connectivity index is 0.00000336. The number of hydrogen-bond acceptors (Lipinski definition) is 7. The molecule has 0 bridgehead atoms. The highest BCUT2D eigenvalue weighted by atomic mass is 35.5. The first-order valence-corrected chi connectivity index (χ1v) is 14.6. The number of halogens is 2. The van der Waals surface area contributed by atoms with Crippen LogP contribution in [0, 0.1) is 0 Å². The summed E-state index contributed by atoms with van der Waals surface area (Å²) < 4.78 is 29.3. The summed E-state index contributed by atoms with van der Waals surface area (Å²) in [4.78, 5) is 22.3. The highest BCUT2D eigenvalue weighted by Gasteiger charge is 2.21. The predicted octanol–water partition coefficient (Wildman–Crippen LogP) is 4.72. The minimum Gasteiger partial charge on any atom is -0.351 e. The highest BCUT2D eigenvalue weighted by molar-refractivity contribution is 7.92. The quantitative estimate of drug-likeness (QED) is 0.308. The first kappa shape index (κ1) is 28.1. The number of rotatable bonds is 8. The summed E-state index contributed by atoms with van der Waals surface area (Å²) in [6.07, 6.45) is 0. The molecule has 0 saturated carbocycles. The normalized spacial score (nSPS) is 14.2. The number of thiazole rings is 1. The third-order valence-corrected chi connectivity index (χ3v) is 8.91. The Hall–Kier alpha value is -2.89. The number of nitrogens with zero attached hydrogens (tertiary/aromatic N) is 3. The van der Waals surface area contributed by atoms with Crippen molar-refractivity contribution in [2.24, 2.45) is 0 Å². The lowest BCUT2D eigenvalue weighted by molar-refractivity contribution is 0.0948. The van der Waals surface area contributed by atoms with Gasteiger partial charge in [-0.1, -0.05) is 47.2 Å². The first-order chi connectivity index (χ1) is 17.9. The number of aromatic nitrogens is 1. The van der Waals surface area contributed by atoms with Crippen LogP contribution < -0.4 is 14.9 Å². The van der Waals surface area contributed by atoms with Gasteiger partial charge in [-0.15, -0.1) is 12.4 Å². The molecule has 1 aliphatic rings. The van der Waals surface area contributed by atoms with E-state index < -0.39 is 10.0 Å². The number of anilines is 2. The van der Waals surface area contributed by atoms with E-state index >= 15 is 0 Å². The summed E-state index contributed by atoms with van der Waals surface area (Å²) in [5.74, 6) is -0.331. The lowest BCUT2D eigenvalue weighted by atomic mass is 10.1. The summed E-state index contributed by atoms with van der Waals surface area (Å²) in [7, 11) is -3.87. The second kappa shape index (κ2) is 12.3. The fourth-order valence-corrected chi connectivity index (χ4v) is 6.39. The van der Waals surface area contributed by atoms with E-state index in [-0.39, 0.29) is 34.5 Å². The predicted molar refractivity (Wildman–Crippen MR) is 157 cm³/mol. The maximum atomic E-state index is 12.9. The van der Waals surface area contributed by atoms with Crippen LogP contribution in [0.1, 0.15) is 10.4 Å². The van der Waals surface area contributed by atoms with Crippen LogP contribution in [0.25, 0.3) is 10.2 Å². The van der Waals surface area contributed by atoms with Crippen molar-refractivity contribution in [1.29, 1.82) is 0 Å². The standard InChI is InChI=1S/C26H26ClN5O3S2.ClH/c27-19-9-11-20(12-10-19)37(34,35)30-22-6-2-1-5-21(22)25(33)28-13-14-31-15-17-32(18-16-31)26-29-23-7-3-4-8-24(23)36-26;/h1-12,30H,13-18H2,(H,28,33);1H. The summed E-state index contributed by atoms with van der Waals surface area (Å²) in [6, 6.07) is 20.6. The van der Waals surface area contributed by atoms with Crippen LogP contribution in [0.5, 0.6) is 0 Å². The molecule has 4 aromatic rings. The van der Waals surface area contributed by atoms with E-state index in [0.29, 0.717) is 18.1 Å². The largest absolute Gasteiger partial charge is 0.351 e. The van der Waals surface area contributed by atoms with Crippen LogP contribution >= 0.6 is 35.3 Å². The van der Waals surface area contributed by atoms with E-state index in [4.69, 9.17) is 16.6 Å². The van der Waals surface area contributed by atoms with Crippen LogP contribution in [0.4, 0.5) is 10.8 Å². The summed E-state index contributed by atoms with van der Waals surface area (Å²) in [5, 5.41) is 4.41. The Labute approximate surface area is 237 Å². The molecule has 0 aliphatic carbocycles. The Morgan fingerprint density at radius 3 is 2.37 bits per heavy atom. The molecule has 0 unspecified atom stereocenters. The molecule has 5 rings (SSSR count). The molecule has 1 saturated heterocycles. The zero-order chi connectivity index (χ0) is 25.8. The molecule has 1 fully saturated rings. The fourth-order valence-electron chi connectivity index (χ4n) is 4.17. The number of hydrogen-bond donors (Lipinski definition) is 2. The van der Waals surface area contributed by atoms with Gasteiger partial charge in [-0.25, -0.2) is 13.4 Å². The average Bonchev–Trinajstić information content (AvgIpc) is 3.34. The highest BCUT2D eigenvalue weighted by Crippen LogP contribution is 2.29. The molecule has 8 nitrogen and oxygen atoms in total. The molecule has 38 heavy (non-hydrogen) atoms. The number of sulfonamides is 1. The van der Waals surface area contributed by atoms with Gasteiger partial charge in [0.15, 0.2) is 5.13 Å². The third-order valence-electron chi connectivity index (χ3n) is 6.18. The average molecular weight is 593 g/mol. The lowest BCUT2D eigenvalue weighted by Gasteiger charge is -2.34. The van der Waals surface area contributed by atoms with Gasteiger partial charge in [0.2, 0.25) is 0 Å². The van der Waals surface area contributed by atoms with Crippen molar-refractivity contribution in [3.8, 4) is 0 Å². The van der Waals surface area contributed by atoms with Crippen molar-refractivity contribution in [2.75, 3.05) is 48.9 Å². The Kier molecular flexibility index (Phi) is 9.11. The second-order valence-corrected chi connectivity index (χ2v) is 11.8. The van der Waals surface area contributed by atoms with Gasteiger partial charge in [-0.05, 0) is 48.5 Å². The second-order valence-electron chi connectivity index (χ2n) is 8.65. The fraction of sp³-hybridized carbons (Fsp3) is 0.231. The summed E-state index contributed by atoms with van der Waals surface area (Å²) in [6.45, 7) is 4.68. The summed E-state index contributed by atoms with van der Waals surface area (Å²) in [5.41, 5.74) is 1.52. The number of piperazine rings is 1. The lowest BCUT2D eigenvalue weighted by Crippen LogP contribution is -2.48. The molecule has 0 spiro atoms. The maximum absolute atomic E-state index is 12.9. The van der Waals surface area contributed by atoms with E-state index in [2.05, 4.69) is 25.9 Å². The molecule has 0 radical (unpaired) electrons. The smallest absolute Gasteiger partial charge is 0.261 e. The number of benzene rings is 3. The molecule has 1 aromatic heterocycles. The van der Waals surface area contributed by atoms with Crippen LogP contribution in [0.15, 0.2) is 77.7 Å². The van der Waals surface area contributed by atoms with Crippen molar-refractivity contribution in [1.82, 2.24) is 15.2 Å². The minimum absolute atomic E-state index is 0. The molecule has 1 amide bonds. The topological polar surface area (TPSA) is 94.6 Å². The van der Waals surface area contributed by atoms with Crippen LogP contribution in [0.3, 0.4) is 0 Å². The van der Waals surface area contributed by atoms with Gasteiger partial charge in [0.25, 0.3) is 15.9 Å². The number of carbonyl (C=O) groups is 1. The van der Waals surface area contributed by atoms with Crippen LogP contribution in [-0.4, -0.2) is 63.5 Å². The van der Waals surface area contributed by atoms with Gasteiger partial charge in [0, 0.05) is 44.3 Å². The molecule has 0 atom stereocenters. The van der Waals surface area contributed by atoms with E-state index in [9.17, 15) is 13.2 Å². The number of carbonyl (C=O) groups excluding carboxylic acids is 1. The molecular weight excluding hydrogens is 565 g/mol. The Morgan fingerprint density at radius 2 is 1.63 bits per heavy atom. The van der Waals surface area contributed by atoms with Gasteiger partial charge >= 0.3 is 0 Å². The van der Waals surface area contributed by atoms with Crippen molar-refractivity contribution < 1.29 is 13.2 Å².